The molecule has 0 atom stereocenters. The van der Waals surface area contributed by atoms with Crippen LogP contribution in [-0.4, -0.2) is 17.2 Å². The van der Waals surface area contributed by atoms with Crippen molar-refractivity contribution in [2.45, 2.75) is 0 Å². The predicted molar refractivity (Wildman–Crippen MR) is 50.0 cm³/mol. The maximum Gasteiger partial charge on any atom is 0.129 e. The van der Waals surface area contributed by atoms with E-state index >= 15 is 0 Å². The highest BCUT2D eigenvalue weighted by Gasteiger charge is 2.01. The summed E-state index contributed by atoms with van der Waals surface area (Å²) >= 11 is 0. The molecular weight excluding hydrogens is 166 g/mol. The number of methoxy groups -OCH3 is 1. The van der Waals surface area contributed by atoms with E-state index in [4.69, 9.17) is 4.74 Å². The summed E-state index contributed by atoms with van der Waals surface area (Å²) in [7, 11) is 1.60. The van der Waals surface area contributed by atoms with Gasteiger partial charge >= 0.3 is 0 Å². The number of phenols is 1. The van der Waals surface area contributed by atoms with Crippen molar-refractivity contribution in [1.29, 1.82) is 0 Å². The van der Waals surface area contributed by atoms with Crippen molar-refractivity contribution in [3.8, 4) is 11.5 Å². The Morgan fingerprint density at radius 2 is 2.15 bits per heavy atom. The number of aromatic nitrogens is 1. The predicted octanol–water partition coefficient (Wildman–Crippen LogP) is 1.95. The normalized spacial score (nSPS) is 10.2. The molecular formula is C10H9NO2. The van der Waals surface area contributed by atoms with Gasteiger partial charge in [0.25, 0.3) is 0 Å². The van der Waals surface area contributed by atoms with E-state index in [0.29, 0.717) is 0 Å². The molecule has 0 aliphatic rings. The van der Waals surface area contributed by atoms with E-state index in [9.17, 15) is 5.11 Å². The van der Waals surface area contributed by atoms with E-state index < -0.39 is 0 Å². The van der Waals surface area contributed by atoms with Crippen LogP contribution in [0.15, 0.2) is 30.5 Å². The number of rotatable bonds is 1. The zero-order valence-electron chi connectivity index (χ0n) is 7.19. The SMILES string of the molecule is COc1ccnc2ccc(O)cc12. The molecule has 0 saturated heterocycles. The second-order valence-electron chi connectivity index (χ2n) is 2.71. The van der Waals surface area contributed by atoms with E-state index in [1.807, 2.05) is 0 Å². The Balaban J connectivity index is 2.79. The highest BCUT2D eigenvalue weighted by Crippen LogP contribution is 2.26. The van der Waals surface area contributed by atoms with Gasteiger partial charge in [-0.05, 0) is 24.3 Å². The van der Waals surface area contributed by atoms with Crippen molar-refractivity contribution in [2.75, 3.05) is 7.11 Å². The third kappa shape index (κ3) is 1.28. The Morgan fingerprint density at radius 3 is 2.92 bits per heavy atom. The van der Waals surface area contributed by atoms with Gasteiger partial charge in [0.2, 0.25) is 0 Å². The Hall–Kier alpha value is -1.77. The lowest BCUT2D eigenvalue weighted by Gasteiger charge is -2.03. The summed E-state index contributed by atoms with van der Waals surface area (Å²) in [4.78, 5) is 4.14. The summed E-state index contributed by atoms with van der Waals surface area (Å²) in [5.74, 6) is 0.944. The summed E-state index contributed by atoms with van der Waals surface area (Å²) in [5.41, 5.74) is 0.817. The van der Waals surface area contributed by atoms with Gasteiger partial charge in [-0.3, -0.25) is 4.98 Å². The number of benzene rings is 1. The summed E-state index contributed by atoms with van der Waals surface area (Å²) < 4.78 is 5.13. The number of nitrogens with zero attached hydrogens (tertiary/aromatic N) is 1. The summed E-state index contributed by atoms with van der Waals surface area (Å²) in [6, 6.07) is 6.77. The quantitative estimate of drug-likeness (QED) is 0.720. The first-order chi connectivity index (χ1) is 6.31. The Bertz CT molecular complexity index is 440. The van der Waals surface area contributed by atoms with E-state index in [1.54, 1.807) is 37.6 Å². The average molecular weight is 175 g/mol. The Labute approximate surface area is 75.6 Å². The molecule has 1 N–H and O–H groups in total. The third-order valence-electron chi connectivity index (χ3n) is 1.91. The molecule has 2 aromatic rings. The van der Waals surface area contributed by atoms with Crippen molar-refractivity contribution in [1.82, 2.24) is 4.98 Å². The Morgan fingerprint density at radius 1 is 1.31 bits per heavy atom. The number of fused-ring (bicyclic) bond motifs is 1. The van der Waals surface area contributed by atoms with Gasteiger partial charge in [0.15, 0.2) is 0 Å². The maximum atomic E-state index is 9.27. The fourth-order valence-electron chi connectivity index (χ4n) is 1.29. The molecule has 0 bridgehead atoms. The van der Waals surface area contributed by atoms with Gasteiger partial charge in [0.05, 0.1) is 12.6 Å². The van der Waals surface area contributed by atoms with Crippen LogP contribution < -0.4 is 4.74 Å². The second kappa shape index (κ2) is 2.94. The third-order valence-corrected chi connectivity index (χ3v) is 1.91. The molecule has 3 nitrogen and oxygen atoms in total. The fraction of sp³-hybridized carbons (Fsp3) is 0.100. The highest BCUT2D eigenvalue weighted by molar-refractivity contribution is 5.85. The fourth-order valence-corrected chi connectivity index (χ4v) is 1.29. The smallest absolute Gasteiger partial charge is 0.129 e. The zero-order valence-corrected chi connectivity index (χ0v) is 7.19. The van der Waals surface area contributed by atoms with Crippen LogP contribution in [0.5, 0.6) is 11.5 Å². The number of ether oxygens (including phenoxy) is 1. The molecule has 1 heterocycles. The minimum absolute atomic E-state index is 0.221. The van der Waals surface area contributed by atoms with Crippen LogP contribution in [0.1, 0.15) is 0 Å². The largest absolute Gasteiger partial charge is 0.508 e. The standard InChI is InChI=1S/C10H9NO2/c1-13-10-4-5-11-9-3-2-7(12)6-8(9)10/h2-6,12H,1H3. The van der Waals surface area contributed by atoms with Crippen LogP contribution in [-0.2, 0) is 0 Å². The monoisotopic (exact) mass is 175 g/mol. The number of aromatic hydroxyl groups is 1. The molecule has 0 fully saturated rings. The lowest BCUT2D eigenvalue weighted by atomic mass is 10.2. The first-order valence-corrected chi connectivity index (χ1v) is 3.93. The van der Waals surface area contributed by atoms with Crippen LogP contribution >= 0.6 is 0 Å². The summed E-state index contributed by atoms with van der Waals surface area (Å²) in [5, 5.41) is 10.1. The van der Waals surface area contributed by atoms with E-state index in [1.165, 1.54) is 0 Å². The minimum atomic E-state index is 0.221. The summed E-state index contributed by atoms with van der Waals surface area (Å²) in [6.07, 6.45) is 1.68. The lowest BCUT2D eigenvalue weighted by molar-refractivity contribution is 0.419. The molecule has 13 heavy (non-hydrogen) atoms. The number of hydrogen-bond acceptors (Lipinski definition) is 3. The maximum absolute atomic E-state index is 9.27. The number of hydrogen-bond donors (Lipinski definition) is 1. The first kappa shape index (κ1) is 7.86. The molecule has 0 amide bonds. The number of phenolic OH excluding ortho intramolecular Hbond substituents is 1. The van der Waals surface area contributed by atoms with Crippen LogP contribution in [0.3, 0.4) is 0 Å². The molecule has 3 heteroatoms. The van der Waals surface area contributed by atoms with Gasteiger partial charge in [0.1, 0.15) is 11.5 Å². The topological polar surface area (TPSA) is 42.4 Å². The van der Waals surface area contributed by atoms with Gasteiger partial charge in [-0.2, -0.15) is 0 Å². The van der Waals surface area contributed by atoms with Crippen molar-refractivity contribution >= 4 is 10.9 Å². The second-order valence-corrected chi connectivity index (χ2v) is 2.71. The van der Waals surface area contributed by atoms with Crippen LogP contribution in [0, 0.1) is 0 Å². The first-order valence-electron chi connectivity index (χ1n) is 3.93. The lowest BCUT2D eigenvalue weighted by Crippen LogP contribution is -1.86. The molecule has 1 aromatic carbocycles. The van der Waals surface area contributed by atoms with Crippen molar-refractivity contribution in [2.24, 2.45) is 0 Å². The average Bonchev–Trinajstić information content (AvgIpc) is 2.17. The molecule has 0 aliphatic carbocycles. The molecule has 66 valence electrons. The van der Waals surface area contributed by atoms with Gasteiger partial charge in [0, 0.05) is 11.6 Å². The molecule has 1 aromatic heterocycles. The van der Waals surface area contributed by atoms with Crippen LogP contribution in [0.2, 0.25) is 0 Å². The van der Waals surface area contributed by atoms with Gasteiger partial charge in [-0.15, -0.1) is 0 Å². The molecule has 0 radical (unpaired) electrons. The van der Waals surface area contributed by atoms with Gasteiger partial charge < -0.3 is 9.84 Å². The molecule has 0 saturated carbocycles. The van der Waals surface area contributed by atoms with Crippen LogP contribution in [0.4, 0.5) is 0 Å². The molecule has 2 rings (SSSR count). The molecule has 0 unspecified atom stereocenters. The molecule has 0 spiro atoms. The molecule has 0 aliphatic heterocycles. The van der Waals surface area contributed by atoms with Crippen molar-refractivity contribution in [3.05, 3.63) is 30.5 Å². The van der Waals surface area contributed by atoms with Crippen LogP contribution in [0.25, 0.3) is 10.9 Å². The van der Waals surface area contributed by atoms with Gasteiger partial charge in [-0.1, -0.05) is 0 Å². The number of pyridine rings is 1. The van der Waals surface area contributed by atoms with Gasteiger partial charge in [-0.25, -0.2) is 0 Å². The van der Waals surface area contributed by atoms with E-state index in [-0.39, 0.29) is 5.75 Å². The van der Waals surface area contributed by atoms with E-state index in [2.05, 4.69) is 4.98 Å². The minimum Gasteiger partial charge on any atom is -0.508 e. The zero-order chi connectivity index (χ0) is 9.26. The van der Waals surface area contributed by atoms with Crippen molar-refractivity contribution < 1.29 is 9.84 Å². The Kier molecular flexibility index (Phi) is 1.77. The van der Waals surface area contributed by atoms with E-state index in [0.717, 1.165) is 16.7 Å². The van der Waals surface area contributed by atoms with Crippen molar-refractivity contribution in [3.63, 3.8) is 0 Å². The summed E-state index contributed by atoms with van der Waals surface area (Å²) in [6.45, 7) is 0. The highest BCUT2D eigenvalue weighted by atomic mass is 16.5.